The van der Waals surface area contributed by atoms with Crippen LogP contribution in [0.15, 0.2) is 76.8 Å². The summed E-state index contributed by atoms with van der Waals surface area (Å²) >= 11 is 9.54. The van der Waals surface area contributed by atoms with Crippen LogP contribution in [0.3, 0.4) is 0 Å². The first kappa shape index (κ1) is 21.9. The summed E-state index contributed by atoms with van der Waals surface area (Å²) in [5.74, 6) is -2.12. The van der Waals surface area contributed by atoms with E-state index >= 15 is 0 Å². The van der Waals surface area contributed by atoms with Crippen molar-refractivity contribution in [3.05, 3.63) is 92.9 Å². The summed E-state index contributed by atoms with van der Waals surface area (Å²) in [5, 5.41) is 21.2. The van der Waals surface area contributed by atoms with Crippen molar-refractivity contribution in [3.8, 4) is 11.5 Å². The Morgan fingerprint density at radius 1 is 1.06 bits per heavy atom. The van der Waals surface area contributed by atoms with Crippen LogP contribution >= 0.6 is 27.5 Å². The normalized spacial score (nSPS) is 17.6. The molecule has 1 saturated heterocycles. The van der Waals surface area contributed by atoms with Gasteiger partial charge < -0.3 is 14.9 Å². The van der Waals surface area contributed by atoms with E-state index in [1.807, 2.05) is 0 Å². The number of phenolic OH excluding ortho intramolecular Hbond substituents is 1. The van der Waals surface area contributed by atoms with E-state index in [4.69, 9.17) is 16.3 Å². The van der Waals surface area contributed by atoms with Crippen molar-refractivity contribution in [2.45, 2.75) is 6.04 Å². The molecule has 1 atom stereocenters. The Morgan fingerprint density at radius 2 is 1.72 bits per heavy atom. The maximum atomic E-state index is 13.1. The highest BCUT2D eigenvalue weighted by Gasteiger charge is 2.47. The van der Waals surface area contributed by atoms with Crippen LogP contribution in [-0.4, -0.2) is 29.0 Å². The number of ketones is 1. The summed E-state index contributed by atoms with van der Waals surface area (Å²) in [6.07, 6.45) is 0. The summed E-state index contributed by atoms with van der Waals surface area (Å²) in [7, 11) is 1.37. The van der Waals surface area contributed by atoms with Gasteiger partial charge in [0.2, 0.25) is 0 Å². The smallest absolute Gasteiger partial charge is 0.300 e. The van der Waals surface area contributed by atoms with Crippen LogP contribution in [0.4, 0.5) is 5.69 Å². The molecule has 0 bridgehead atoms. The van der Waals surface area contributed by atoms with Crippen LogP contribution in [0.5, 0.6) is 11.5 Å². The van der Waals surface area contributed by atoms with Gasteiger partial charge in [0, 0.05) is 15.7 Å². The van der Waals surface area contributed by atoms with Crippen LogP contribution in [0.25, 0.3) is 5.76 Å². The number of methoxy groups -OCH3 is 1. The molecular weight excluding hydrogens is 498 g/mol. The van der Waals surface area contributed by atoms with Crippen LogP contribution < -0.4 is 9.64 Å². The fourth-order valence-electron chi connectivity index (χ4n) is 3.67. The van der Waals surface area contributed by atoms with Gasteiger partial charge in [0.25, 0.3) is 11.7 Å². The van der Waals surface area contributed by atoms with Gasteiger partial charge in [0.15, 0.2) is 11.5 Å². The quantitative estimate of drug-likeness (QED) is 0.275. The molecule has 8 heteroatoms. The molecule has 32 heavy (non-hydrogen) atoms. The molecule has 0 saturated carbocycles. The number of carbonyl (C=O) groups excluding carboxylic acids is 2. The number of ether oxygens (including phenoxy) is 1. The minimum absolute atomic E-state index is 0.0124. The minimum atomic E-state index is -0.993. The number of aliphatic hydroxyl groups is 1. The average molecular weight is 515 g/mol. The third kappa shape index (κ3) is 3.74. The largest absolute Gasteiger partial charge is 0.507 e. The number of benzene rings is 3. The second-order valence-corrected chi connectivity index (χ2v) is 8.39. The molecule has 1 heterocycles. The lowest BCUT2D eigenvalue weighted by Crippen LogP contribution is -2.29. The molecule has 0 spiro atoms. The Labute approximate surface area is 197 Å². The lowest BCUT2D eigenvalue weighted by Gasteiger charge is -2.26. The number of aromatic hydroxyl groups is 1. The van der Waals surface area contributed by atoms with E-state index in [0.717, 1.165) is 4.47 Å². The zero-order valence-corrected chi connectivity index (χ0v) is 19.1. The Morgan fingerprint density at radius 3 is 2.34 bits per heavy atom. The van der Waals surface area contributed by atoms with Gasteiger partial charge in [-0.3, -0.25) is 14.5 Å². The molecule has 1 amide bonds. The van der Waals surface area contributed by atoms with E-state index in [-0.39, 0.29) is 27.9 Å². The Hall–Kier alpha value is -3.29. The number of phenols is 1. The fraction of sp³-hybridized carbons (Fsp3) is 0.0833. The molecule has 4 rings (SSSR count). The monoisotopic (exact) mass is 513 g/mol. The van der Waals surface area contributed by atoms with E-state index < -0.39 is 17.7 Å². The average Bonchev–Trinajstić information content (AvgIpc) is 3.06. The van der Waals surface area contributed by atoms with Crippen molar-refractivity contribution in [1.82, 2.24) is 0 Å². The van der Waals surface area contributed by atoms with E-state index in [9.17, 15) is 19.8 Å². The van der Waals surface area contributed by atoms with Crippen molar-refractivity contribution in [1.29, 1.82) is 0 Å². The Kier molecular flexibility index (Phi) is 5.95. The van der Waals surface area contributed by atoms with Gasteiger partial charge >= 0.3 is 0 Å². The third-order valence-corrected chi connectivity index (χ3v) is 6.00. The zero-order valence-electron chi connectivity index (χ0n) is 16.8. The standard InChI is InChI=1S/C24H17BrClNO5/c1-32-18-12-14(11-17(26)22(18)29)20-19(21(28)13-7-9-15(25)10-8-13)23(30)24(31)27(20)16-5-3-2-4-6-16/h2-12,20,28-29H,1H3/b21-19+. The molecule has 2 N–H and O–H groups in total. The predicted octanol–water partition coefficient (Wildman–Crippen LogP) is 5.44. The van der Waals surface area contributed by atoms with E-state index in [2.05, 4.69) is 15.9 Å². The summed E-state index contributed by atoms with van der Waals surface area (Å²) in [5.41, 5.74) is 1.15. The van der Waals surface area contributed by atoms with Gasteiger partial charge in [-0.2, -0.15) is 0 Å². The topological polar surface area (TPSA) is 87.1 Å². The second-order valence-electron chi connectivity index (χ2n) is 7.07. The van der Waals surface area contributed by atoms with Crippen LogP contribution in [0, 0.1) is 0 Å². The van der Waals surface area contributed by atoms with Crippen molar-refractivity contribution in [3.63, 3.8) is 0 Å². The zero-order chi connectivity index (χ0) is 23.0. The van der Waals surface area contributed by atoms with E-state index in [0.29, 0.717) is 16.8 Å². The molecule has 6 nitrogen and oxygen atoms in total. The maximum Gasteiger partial charge on any atom is 0.300 e. The summed E-state index contributed by atoms with van der Waals surface area (Å²) in [6.45, 7) is 0. The van der Waals surface area contributed by atoms with Crippen molar-refractivity contribution in [2.24, 2.45) is 0 Å². The van der Waals surface area contributed by atoms with Crippen LogP contribution in [0.2, 0.25) is 5.02 Å². The van der Waals surface area contributed by atoms with E-state index in [1.54, 1.807) is 54.6 Å². The number of rotatable bonds is 4. The van der Waals surface area contributed by atoms with Crippen LogP contribution in [-0.2, 0) is 9.59 Å². The number of para-hydroxylation sites is 1. The number of anilines is 1. The number of amides is 1. The molecule has 0 aromatic heterocycles. The first-order chi connectivity index (χ1) is 15.3. The first-order valence-corrected chi connectivity index (χ1v) is 10.7. The lowest BCUT2D eigenvalue weighted by atomic mass is 9.94. The van der Waals surface area contributed by atoms with Gasteiger partial charge in [-0.05, 0) is 42.0 Å². The Balaban J connectivity index is 1.99. The molecule has 1 unspecified atom stereocenters. The molecule has 162 valence electrons. The molecule has 1 aliphatic rings. The van der Waals surface area contributed by atoms with Crippen molar-refractivity contribution in [2.75, 3.05) is 12.0 Å². The summed E-state index contributed by atoms with van der Waals surface area (Å²) < 4.78 is 6.00. The first-order valence-electron chi connectivity index (χ1n) is 9.52. The number of aliphatic hydroxyl groups excluding tert-OH is 1. The summed E-state index contributed by atoms with van der Waals surface area (Å²) in [6, 6.07) is 17.3. The van der Waals surface area contributed by atoms with Gasteiger partial charge in [-0.1, -0.05) is 57.9 Å². The number of hydrogen-bond donors (Lipinski definition) is 2. The maximum absolute atomic E-state index is 13.1. The number of carbonyl (C=O) groups is 2. The third-order valence-electron chi connectivity index (χ3n) is 5.18. The number of nitrogens with zero attached hydrogens (tertiary/aromatic N) is 1. The van der Waals surface area contributed by atoms with Gasteiger partial charge in [-0.15, -0.1) is 0 Å². The molecule has 3 aromatic carbocycles. The minimum Gasteiger partial charge on any atom is -0.507 e. The Bertz CT molecular complexity index is 1240. The van der Waals surface area contributed by atoms with Crippen molar-refractivity contribution < 1.29 is 24.5 Å². The highest BCUT2D eigenvalue weighted by molar-refractivity contribution is 9.10. The molecular formula is C24H17BrClNO5. The number of hydrogen-bond acceptors (Lipinski definition) is 5. The predicted molar refractivity (Wildman–Crippen MR) is 125 cm³/mol. The van der Waals surface area contributed by atoms with E-state index in [1.165, 1.54) is 24.1 Å². The lowest BCUT2D eigenvalue weighted by molar-refractivity contribution is -0.132. The van der Waals surface area contributed by atoms with Crippen molar-refractivity contribution >= 4 is 50.7 Å². The second kappa shape index (κ2) is 8.68. The molecule has 3 aromatic rings. The fourth-order valence-corrected chi connectivity index (χ4v) is 4.16. The highest BCUT2D eigenvalue weighted by Crippen LogP contribution is 2.45. The summed E-state index contributed by atoms with van der Waals surface area (Å²) in [4.78, 5) is 27.5. The SMILES string of the molecule is COc1cc(C2/C(=C(\O)c3ccc(Br)cc3)C(=O)C(=O)N2c2ccccc2)cc(Cl)c1O. The van der Waals surface area contributed by atoms with Crippen LogP contribution in [0.1, 0.15) is 17.2 Å². The highest BCUT2D eigenvalue weighted by atomic mass is 79.9. The molecule has 1 aliphatic heterocycles. The van der Waals surface area contributed by atoms with Gasteiger partial charge in [0.1, 0.15) is 5.76 Å². The number of halogens is 2. The van der Waals surface area contributed by atoms with Gasteiger partial charge in [0.05, 0.1) is 23.7 Å². The van der Waals surface area contributed by atoms with Gasteiger partial charge in [-0.25, -0.2) is 0 Å². The molecule has 1 fully saturated rings. The molecule has 0 aliphatic carbocycles. The molecule has 0 radical (unpaired) electrons. The number of Topliss-reactive ketones (excluding diaryl/α,β-unsaturated/α-hetero) is 1.